The van der Waals surface area contributed by atoms with Gasteiger partial charge in [0, 0.05) is 31.1 Å². The summed E-state index contributed by atoms with van der Waals surface area (Å²) in [6.45, 7) is 13.5. The van der Waals surface area contributed by atoms with Crippen LogP contribution in [0.5, 0.6) is 0 Å². The molecule has 0 saturated heterocycles. The molecule has 0 aromatic carbocycles. The predicted octanol–water partition coefficient (Wildman–Crippen LogP) is 4.97. The highest BCUT2D eigenvalue weighted by atomic mass is 15.1. The van der Waals surface area contributed by atoms with Gasteiger partial charge in [-0.25, -0.2) is 4.98 Å². The van der Waals surface area contributed by atoms with Crippen LogP contribution in [0.4, 0.5) is 0 Å². The fourth-order valence-electron chi connectivity index (χ4n) is 3.34. The van der Waals surface area contributed by atoms with Crippen LogP contribution >= 0.6 is 0 Å². The molecule has 2 aromatic rings. The molecule has 2 aromatic heterocycles. The quantitative estimate of drug-likeness (QED) is 0.753. The molecule has 2 heterocycles. The molecule has 2 rings (SSSR count). The summed E-state index contributed by atoms with van der Waals surface area (Å²) in [5.74, 6) is 2.10. The Kier molecular flexibility index (Phi) is 5.28. The van der Waals surface area contributed by atoms with E-state index >= 15 is 0 Å². The van der Waals surface area contributed by atoms with Crippen molar-refractivity contribution in [3.63, 3.8) is 0 Å². The average molecular weight is 313 g/mol. The third-order valence-corrected chi connectivity index (χ3v) is 4.70. The van der Waals surface area contributed by atoms with E-state index in [2.05, 4.69) is 70.4 Å². The van der Waals surface area contributed by atoms with Crippen LogP contribution in [-0.2, 0) is 18.9 Å². The molecule has 0 amide bonds. The van der Waals surface area contributed by atoms with Gasteiger partial charge in [-0.05, 0) is 35.8 Å². The van der Waals surface area contributed by atoms with Crippen LogP contribution in [0.25, 0.3) is 0 Å². The second-order valence-electron chi connectivity index (χ2n) is 7.72. The molecule has 1 unspecified atom stereocenters. The average Bonchev–Trinajstić information content (AvgIpc) is 2.90. The molecule has 23 heavy (non-hydrogen) atoms. The van der Waals surface area contributed by atoms with Crippen LogP contribution in [-0.4, -0.2) is 14.5 Å². The molecule has 1 atom stereocenters. The molecule has 3 nitrogen and oxygen atoms in total. The summed E-state index contributed by atoms with van der Waals surface area (Å²) in [6, 6.07) is 2.30. The van der Waals surface area contributed by atoms with Crippen molar-refractivity contribution in [2.45, 2.75) is 71.6 Å². The van der Waals surface area contributed by atoms with E-state index in [1.54, 1.807) is 0 Å². The van der Waals surface area contributed by atoms with Gasteiger partial charge in [0.15, 0.2) is 0 Å². The molecular weight excluding hydrogens is 282 g/mol. The van der Waals surface area contributed by atoms with E-state index in [1.165, 1.54) is 22.6 Å². The van der Waals surface area contributed by atoms with E-state index in [9.17, 15) is 0 Å². The molecule has 0 bridgehead atoms. The van der Waals surface area contributed by atoms with Crippen LogP contribution in [0.3, 0.4) is 0 Å². The van der Waals surface area contributed by atoms with Crippen molar-refractivity contribution in [1.82, 2.24) is 14.5 Å². The predicted molar refractivity (Wildman–Crippen MR) is 97.0 cm³/mol. The number of aromatic nitrogens is 3. The first kappa shape index (κ1) is 17.7. The smallest absolute Gasteiger partial charge is 0.114 e. The molecule has 126 valence electrons. The van der Waals surface area contributed by atoms with Crippen molar-refractivity contribution in [3.8, 4) is 0 Å². The minimum atomic E-state index is 0.0313. The lowest BCUT2D eigenvalue weighted by Gasteiger charge is -2.28. The second kappa shape index (κ2) is 6.86. The van der Waals surface area contributed by atoms with Gasteiger partial charge in [0.05, 0.1) is 5.69 Å². The van der Waals surface area contributed by atoms with Gasteiger partial charge in [0.2, 0.25) is 0 Å². The lowest BCUT2D eigenvalue weighted by atomic mass is 9.80. The zero-order valence-corrected chi connectivity index (χ0v) is 15.7. The Morgan fingerprint density at radius 2 is 1.87 bits per heavy atom. The van der Waals surface area contributed by atoms with Crippen LogP contribution in [0.15, 0.2) is 24.7 Å². The largest absolute Gasteiger partial charge is 0.337 e. The molecule has 0 radical (unpaired) electrons. The second-order valence-corrected chi connectivity index (χ2v) is 7.72. The van der Waals surface area contributed by atoms with Crippen LogP contribution < -0.4 is 0 Å². The van der Waals surface area contributed by atoms with Gasteiger partial charge < -0.3 is 4.57 Å². The third kappa shape index (κ3) is 4.01. The molecular formula is C20H31N3. The summed E-state index contributed by atoms with van der Waals surface area (Å²) < 4.78 is 2.20. The molecule has 3 heteroatoms. The van der Waals surface area contributed by atoms with Gasteiger partial charge in [-0.2, -0.15) is 0 Å². The molecule has 0 aliphatic heterocycles. The molecule has 0 N–H and O–H groups in total. The summed E-state index contributed by atoms with van der Waals surface area (Å²) in [7, 11) is 2.11. The summed E-state index contributed by atoms with van der Waals surface area (Å²) in [5, 5.41) is 0. The van der Waals surface area contributed by atoms with Gasteiger partial charge in [-0.1, -0.05) is 47.6 Å². The summed E-state index contributed by atoms with van der Waals surface area (Å²) in [5.41, 5.74) is 3.85. The summed E-state index contributed by atoms with van der Waals surface area (Å²) in [6.07, 6.45) is 8.25. The fourth-order valence-corrected chi connectivity index (χ4v) is 3.34. The van der Waals surface area contributed by atoms with Crippen molar-refractivity contribution >= 4 is 0 Å². The zero-order valence-electron chi connectivity index (χ0n) is 15.7. The number of aryl methyl sites for hydroxylation is 2. The Bertz CT molecular complexity index is 653. The standard InChI is InChI=1S/C20H31N3/c1-8-16-9-17(12-21-11-16)15(4)10-20(5,6)19-22-18(14(2)3)13-23(19)7/h9,11-15H,8,10H2,1-7H3. The van der Waals surface area contributed by atoms with Crippen molar-refractivity contribution in [1.29, 1.82) is 0 Å². The van der Waals surface area contributed by atoms with Gasteiger partial charge in [0.1, 0.15) is 5.82 Å². The van der Waals surface area contributed by atoms with E-state index in [0.717, 1.165) is 12.8 Å². The van der Waals surface area contributed by atoms with Gasteiger partial charge in [0.25, 0.3) is 0 Å². The SMILES string of the molecule is CCc1cncc(C(C)CC(C)(C)c2nc(C(C)C)cn2C)c1. The molecule has 0 saturated carbocycles. The number of imidazole rings is 1. The number of rotatable bonds is 6. The van der Waals surface area contributed by atoms with Crippen molar-refractivity contribution in [3.05, 3.63) is 47.3 Å². The highest BCUT2D eigenvalue weighted by Gasteiger charge is 2.29. The highest BCUT2D eigenvalue weighted by Crippen LogP contribution is 2.34. The minimum Gasteiger partial charge on any atom is -0.337 e. The molecule has 0 fully saturated rings. The Morgan fingerprint density at radius 3 is 2.43 bits per heavy atom. The molecule has 0 spiro atoms. The number of pyridine rings is 1. The van der Waals surface area contributed by atoms with Crippen molar-refractivity contribution < 1.29 is 0 Å². The maximum Gasteiger partial charge on any atom is 0.114 e. The monoisotopic (exact) mass is 313 g/mol. The Hall–Kier alpha value is -1.64. The van der Waals surface area contributed by atoms with E-state index in [-0.39, 0.29) is 5.41 Å². The maximum atomic E-state index is 4.91. The number of hydrogen-bond acceptors (Lipinski definition) is 2. The number of nitrogens with zero attached hydrogens (tertiary/aromatic N) is 3. The normalized spacial score (nSPS) is 13.6. The van der Waals surface area contributed by atoms with Gasteiger partial charge in [-0.3, -0.25) is 4.98 Å². The van der Waals surface area contributed by atoms with Gasteiger partial charge in [-0.15, -0.1) is 0 Å². The molecule has 0 aliphatic carbocycles. The van der Waals surface area contributed by atoms with E-state index in [0.29, 0.717) is 11.8 Å². The topological polar surface area (TPSA) is 30.7 Å². The Morgan fingerprint density at radius 1 is 1.17 bits per heavy atom. The Labute approximate surface area is 141 Å². The fraction of sp³-hybridized carbons (Fsp3) is 0.600. The van der Waals surface area contributed by atoms with Crippen LogP contribution in [0.2, 0.25) is 0 Å². The highest BCUT2D eigenvalue weighted by molar-refractivity contribution is 5.23. The lowest BCUT2D eigenvalue weighted by Crippen LogP contribution is -2.24. The van der Waals surface area contributed by atoms with E-state index < -0.39 is 0 Å². The van der Waals surface area contributed by atoms with Crippen molar-refractivity contribution in [2.24, 2.45) is 7.05 Å². The first-order chi connectivity index (χ1) is 10.7. The minimum absolute atomic E-state index is 0.0313. The van der Waals surface area contributed by atoms with Gasteiger partial charge >= 0.3 is 0 Å². The maximum absolute atomic E-state index is 4.91. The van der Waals surface area contributed by atoms with E-state index in [4.69, 9.17) is 4.98 Å². The third-order valence-electron chi connectivity index (χ3n) is 4.70. The first-order valence-corrected chi connectivity index (χ1v) is 8.72. The zero-order chi connectivity index (χ0) is 17.2. The summed E-state index contributed by atoms with van der Waals surface area (Å²) >= 11 is 0. The summed E-state index contributed by atoms with van der Waals surface area (Å²) in [4.78, 5) is 9.31. The number of hydrogen-bond donors (Lipinski definition) is 0. The van der Waals surface area contributed by atoms with Crippen LogP contribution in [0, 0.1) is 0 Å². The molecule has 0 aliphatic rings. The lowest BCUT2D eigenvalue weighted by molar-refractivity contribution is 0.403. The van der Waals surface area contributed by atoms with Crippen molar-refractivity contribution in [2.75, 3.05) is 0 Å². The van der Waals surface area contributed by atoms with Crippen LogP contribution in [0.1, 0.15) is 82.4 Å². The Balaban J connectivity index is 2.22. The first-order valence-electron chi connectivity index (χ1n) is 8.72. The van der Waals surface area contributed by atoms with E-state index in [1.807, 2.05) is 12.4 Å².